The minimum Gasteiger partial charge on any atom is -0.392 e. The van der Waals surface area contributed by atoms with Crippen molar-refractivity contribution in [1.82, 2.24) is 33.2 Å². The number of anilines is 2. The second-order valence-electron chi connectivity index (χ2n) is 14.0. The molecule has 246 valence electrons. The molecule has 0 unspecified atom stereocenters. The quantitative estimate of drug-likeness (QED) is 0.264. The van der Waals surface area contributed by atoms with Gasteiger partial charge in [0.2, 0.25) is 0 Å². The Bertz CT molecular complexity index is 2130. The molecular weight excluding hydrogens is 596 g/mol. The van der Waals surface area contributed by atoms with Crippen molar-refractivity contribution in [2.75, 3.05) is 32.1 Å². The second-order valence-corrected chi connectivity index (χ2v) is 14.0. The maximum Gasteiger partial charge on any atom is 0.280 e. The molecule has 5 aromatic rings. The van der Waals surface area contributed by atoms with Gasteiger partial charge in [0.1, 0.15) is 17.0 Å². The molecular formula is C35H42N8O4. The largest absolute Gasteiger partial charge is 0.392 e. The highest BCUT2D eigenvalue weighted by atomic mass is 16.5. The average Bonchev–Trinajstić information content (AvgIpc) is 3.69. The molecule has 2 N–H and O–H groups in total. The standard InChI is InChI=1S/C35H42N8O4/c1-34(2)18-22-16-27-33(46)42(11-10-41(27)28(22)19-34)31-25(21-44)24(7-8-36-31)23-15-26(32(45)39(5)20-23)37-30-17-29-35(3,4)40(13-14-47-6)9-12-43(29)38-30/h7-8,10-11,15-17,20,44H,9,12-14,18-19,21H2,1-6H3,(H,37,38). The van der Waals surface area contributed by atoms with Gasteiger partial charge in [0, 0.05) is 74.9 Å². The van der Waals surface area contributed by atoms with Gasteiger partial charge in [-0.1, -0.05) is 13.8 Å². The summed E-state index contributed by atoms with van der Waals surface area (Å²) in [5.74, 6) is 0.931. The fraction of sp³-hybridized carbons (Fsp3) is 0.429. The maximum absolute atomic E-state index is 13.8. The summed E-state index contributed by atoms with van der Waals surface area (Å²) in [6.45, 7) is 11.5. The Kier molecular flexibility index (Phi) is 7.49. The van der Waals surface area contributed by atoms with E-state index in [4.69, 9.17) is 9.84 Å². The van der Waals surface area contributed by atoms with Crippen LogP contribution < -0.4 is 16.4 Å². The number of pyridine rings is 2. The van der Waals surface area contributed by atoms with Crippen molar-refractivity contribution in [2.24, 2.45) is 12.5 Å². The zero-order valence-corrected chi connectivity index (χ0v) is 27.9. The number of rotatable bonds is 8. The van der Waals surface area contributed by atoms with Crippen molar-refractivity contribution in [2.45, 2.75) is 59.2 Å². The zero-order valence-electron chi connectivity index (χ0n) is 27.9. The summed E-state index contributed by atoms with van der Waals surface area (Å²) in [5.41, 5.74) is 5.69. The molecule has 6 heterocycles. The number of fused-ring (bicyclic) bond motifs is 4. The molecule has 12 heteroatoms. The third-order valence-electron chi connectivity index (χ3n) is 9.87. The Labute approximate surface area is 272 Å². The van der Waals surface area contributed by atoms with Crippen molar-refractivity contribution < 1.29 is 9.84 Å². The van der Waals surface area contributed by atoms with Gasteiger partial charge in [-0.25, -0.2) is 4.98 Å². The summed E-state index contributed by atoms with van der Waals surface area (Å²) < 4.78 is 12.3. The summed E-state index contributed by atoms with van der Waals surface area (Å²) >= 11 is 0. The number of aryl methyl sites for hydroxylation is 1. The van der Waals surface area contributed by atoms with Crippen LogP contribution in [0, 0.1) is 5.41 Å². The number of hydrogen-bond acceptors (Lipinski definition) is 8. The van der Waals surface area contributed by atoms with Crippen molar-refractivity contribution in [3.8, 4) is 16.9 Å². The monoisotopic (exact) mass is 638 g/mol. The predicted octanol–water partition coefficient (Wildman–Crippen LogP) is 3.61. The third-order valence-corrected chi connectivity index (χ3v) is 9.87. The van der Waals surface area contributed by atoms with Crippen LogP contribution in [-0.4, -0.2) is 65.1 Å². The lowest BCUT2D eigenvalue weighted by atomic mass is 9.90. The molecule has 0 atom stereocenters. The average molecular weight is 639 g/mol. The number of nitrogens with zero attached hydrogens (tertiary/aromatic N) is 7. The van der Waals surface area contributed by atoms with E-state index in [-0.39, 0.29) is 28.7 Å². The number of methoxy groups -OCH3 is 1. The van der Waals surface area contributed by atoms with Gasteiger partial charge >= 0.3 is 0 Å². The molecule has 1 aliphatic carbocycles. The number of ether oxygens (including phenoxy) is 1. The molecule has 0 amide bonds. The first kappa shape index (κ1) is 31.1. The molecule has 0 bridgehead atoms. The SMILES string of the molecule is COCCN1CCn2nc(Nc3cc(-c4ccnc(-n5ccn6c7c(cc6c5=O)CC(C)(C)C7)c4CO)cn(C)c3=O)cc2C1(C)C. The van der Waals surface area contributed by atoms with Gasteiger partial charge < -0.3 is 24.1 Å². The molecule has 2 aliphatic rings. The van der Waals surface area contributed by atoms with Crippen LogP contribution in [0.4, 0.5) is 11.5 Å². The number of aliphatic hydroxyl groups excluding tert-OH is 1. The number of hydrogen-bond donors (Lipinski definition) is 2. The molecule has 0 aromatic carbocycles. The van der Waals surface area contributed by atoms with Crippen molar-refractivity contribution in [3.63, 3.8) is 0 Å². The van der Waals surface area contributed by atoms with E-state index in [1.54, 1.807) is 44.9 Å². The Hall–Kier alpha value is -4.52. The van der Waals surface area contributed by atoms with Crippen LogP contribution in [0.3, 0.4) is 0 Å². The summed E-state index contributed by atoms with van der Waals surface area (Å²) in [7, 11) is 3.40. The summed E-state index contributed by atoms with van der Waals surface area (Å²) in [4.78, 5) is 34.1. The second kappa shape index (κ2) is 11.3. The molecule has 12 nitrogen and oxygen atoms in total. The minimum atomic E-state index is -0.351. The lowest BCUT2D eigenvalue weighted by molar-refractivity contribution is 0.0482. The van der Waals surface area contributed by atoms with Crippen molar-refractivity contribution in [1.29, 1.82) is 0 Å². The molecule has 47 heavy (non-hydrogen) atoms. The molecule has 1 aliphatic heterocycles. The first-order valence-electron chi connectivity index (χ1n) is 16.1. The van der Waals surface area contributed by atoms with Crippen LogP contribution in [0.2, 0.25) is 0 Å². The Morgan fingerprint density at radius 1 is 1.04 bits per heavy atom. The van der Waals surface area contributed by atoms with Crippen LogP contribution in [0.1, 0.15) is 50.2 Å². The Morgan fingerprint density at radius 3 is 2.62 bits per heavy atom. The first-order valence-corrected chi connectivity index (χ1v) is 16.1. The van der Waals surface area contributed by atoms with E-state index in [1.165, 1.54) is 20.4 Å². The van der Waals surface area contributed by atoms with Crippen LogP contribution >= 0.6 is 0 Å². The van der Waals surface area contributed by atoms with Gasteiger partial charge in [-0.3, -0.25) is 23.7 Å². The van der Waals surface area contributed by atoms with E-state index >= 15 is 0 Å². The normalized spacial score (nSPS) is 16.8. The van der Waals surface area contributed by atoms with Crippen LogP contribution in [0.5, 0.6) is 0 Å². The fourth-order valence-electron chi connectivity index (χ4n) is 7.42. The third kappa shape index (κ3) is 5.20. The van der Waals surface area contributed by atoms with Crippen molar-refractivity contribution >= 4 is 17.0 Å². The van der Waals surface area contributed by atoms with E-state index in [9.17, 15) is 14.7 Å². The predicted molar refractivity (Wildman–Crippen MR) is 181 cm³/mol. The van der Waals surface area contributed by atoms with Crippen LogP contribution in [-0.2, 0) is 43.3 Å². The van der Waals surface area contributed by atoms with Gasteiger partial charge in [-0.05, 0) is 61.4 Å². The lowest BCUT2D eigenvalue weighted by Crippen LogP contribution is -2.49. The molecule has 0 saturated carbocycles. The van der Waals surface area contributed by atoms with Crippen molar-refractivity contribution in [3.05, 3.63) is 92.3 Å². The highest BCUT2D eigenvalue weighted by Crippen LogP contribution is 2.38. The van der Waals surface area contributed by atoms with Gasteiger partial charge in [-0.15, -0.1) is 0 Å². The van der Waals surface area contributed by atoms with Gasteiger partial charge in [-0.2, -0.15) is 5.10 Å². The first-order chi connectivity index (χ1) is 22.4. The smallest absolute Gasteiger partial charge is 0.280 e. The highest BCUT2D eigenvalue weighted by molar-refractivity contribution is 5.73. The fourth-order valence-corrected chi connectivity index (χ4v) is 7.42. The van der Waals surface area contributed by atoms with Gasteiger partial charge in [0.15, 0.2) is 5.82 Å². The lowest BCUT2D eigenvalue weighted by Gasteiger charge is -2.42. The molecule has 0 radical (unpaired) electrons. The Morgan fingerprint density at radius 2 is 1.85 bits per heavy atom. The molecule has 5 aromatic heterocycles. The topological polar surface area (TPSA) is 124 Å². The number of aliphatic hydroxyl groups is 1. The number of aromatic nitrogens is 6. The zero-order chi connectivity index (χ0) is 33.2. The molecule has 0 saturated heterocycles. The summed E-state index contributed by atoms with van der Waals surface area (Å²) in [6.07, 6.45) is 8.81. The van der Waals surface area contributed by atoms with Gasteiger partial charge in [0.05, 0.1) is 31.0 Å². The molecule has 0 spiro atoms. The van der Waals surface area contributed by atoms with Crippen LogP contribution in [0.25, 0.3) is 22.5 Å². The van der Waals surface area contributed by atoms with Crippen LogP contribution in [0.15, 0.2) is 58.6 Å². The van der Waals surface area contributed by atoms with Gasteiger partial charge in [0.25, 0.3) is 11.1 Å². The van der Waals surface area contributed by atoms with E-state index in [1.807, 2.05) is 27.4 Å². The maximum atomic E-state index is 13.8. The highest BCUT2D eigenvalue weighted by Gasteiger charge is 2.36. The molecule has 0 fully saturated rings. The minimum absolute atomic E-state index is 0.170. The van der Waals surface area contributed by atoms with E-state index in [0.29, 0.717) is 46.1 Å². The van der Waals surface area contributed by atoms with E-state index in [2.05, 4.69) is 42.9 Å². The summed E-state index contributed by atoms with van der Waals surface area (Å²) in [6, 6.07) is 7.54. The number of nitrogens with one attached hydrogen (secondary N) is 1. The van der Waals surface area contributed by atoms with E-state index in [0.717, 1.165) is 38.2 Å². The molecule has 7 rings (SSSR count). The van der Waals surface area contributed by atoms with E-state index < -0.39 is 0 Å². The Balaban J connectivity index is 1.25. The summed E-state index contributed by atoms with van der Waals surface area (Å²) in [5, 5.41) is 18.7.